The van der Waals surface area contributed by atoms with Gasteiger partial charge >= 0.3 is 0 Å². The van der Waals surface area contributed by atoms with E-state index in [2.05, 4.69) is 12.1 Å². The smallest absolute Gasteiger partial charge is 0.264 e. The summed E-state index contributed by atoms with van der Waals surface area (Å²) in [6.07, 6.45) is 0. The molecule has 1 aliphatic heterocycles. The van der Waals surface area contributed by atoms with Gasteiger partial charge in [-0.2, -0.15) is 0 Å². The lowest BCUT2D eigenvalue weighted by Crippen LogP contribution is -2.31. The molecular formula is C15H16Cl2N2OS. The Kier molecular flexibility index (Phi) is 5.27. The lowest BCUT2D eigenvalue weighted by Gasteiger charge is -2.15. The molecule has 0 saturated carbocycles. The molecule has 2 heterocycles. The first-order chi connectivity index (χ1) is 9.65. The molecule has 0 aliphatic carbocycles. The first-order valence-corrected chi connectivity index (χ1v) is 7.70. The normalized spacial score (nSPS) is 21.1. The molecule has 2 aromatic rings. The van der Waals surface area contributed by atoms with E-state index in [4.69, 9.17) is 17.3 Å². The largest absolute Gasteiger partial charge is 0.336 e. The molecule has 0 spiro atoms. The number of nitrogens with zero attached hydrogens (tertiary/aromatic N) is 1. The summed E-state index contributed by atoms with van der Waals surface area (Å²) in [5, 5.41) is 0. The van der Waals surface area contributed by atoms with E-state index in [1.165, 1.54) is 16.9 Å². The molecule has 0 radical (unpaired) electrons. The minimum Gasteiger partial charge on any atom is -0.336 e. The average molecular weight is 343 g/mol. The van der Waals surface area contributed by atoms with Gasteiger partial charge in [-0.15, -0.1) is 23.7 Å². The Balaban J connectivity index is 0.00000161. The number of hydrogen-bond donors (Lipinski definition) is 1. The van der Waals surface area contributed by atoms with Crippen molar-refractivity contribution in [2.24, 2.45) is 5.73 Å². The Labute approximate surface area is 139 Å². The lowest BCUT2D eigenvalue weighted by atomic mass is 9.95. The quantitative estimate of drug-likeness (QED) is 0.909. The third kappa shape index (κ3) is 3.40. The highest BCUT2D eigenvalue weighted by atomic mass is 35.5. The number of likely N-dealkylation sites (tertiary alicyclic amines) is 1. The fourth-order valence-electron chi connectivity index (χ4n) is 2.63. The van der Waals surface area contributed by atoms with Crippen LogP contribution >= 0.6 is 35.3 Å². The predicted octanol–water partition coefficient (Wildman–Crippen LogP) is 3.39. The zero-order valence-electron chi connectivity index (χ0n) is 11.2. The second kappa shape index (κ2) is 6.79. The summed E-state index contributed by atoms with van der Waals surface area (Å²) < 4.78 is 0.636. The fraction of sp³-hybridized carbons (Fsp3) is 0.267. The summed E-state index contributed by atoms with van der Waals surface area (Å²) in [5.41, 5.74) is 7.40. The van der Waals surface area contributed by atoms with Crippen molar-refractivity contribution in [3.8, 4) is 0 Å². The molecule has 2 N–H and O–H groups in total. The predicted molar refractivity (Wildman–Crippen MR) is 89.6 cm³/mol. The molecule has 3 rings (SSSR count). The average Bonchev–Trinajstić information content (AvgIpc) is 3.05. The molecular weight excluding hydrogens is 327 g/mol. The minimum absolute atomic E-state index is 0. The number of hydrogen-bond acceptors (Lipinski definition) is 3. The molecule has 0 unspecified atom stereocenters. The van der Waals surface area contributed by atoms with Gasteiger partial charge in [-0.05, 0) is 17.7 Å². The third-order valence-electron chi connectivity index (χ3n) is 3.66. The van der Waals surface area contributed by atoms with Gasteiger partial charge in [0.15, 0.2) is 0 Å². The van der Waals surface area contributed by atoms with Gasteiger partial charge < -0.3 is 10.6 Å². The first-order valence-electron chi connectivity index (χ1n) is 6.50. The van der Waals surface area contributed by atoms with Crippen LogP contribution in [0.4, 0.5) is 0 Å². The SMILES string of the molecule is Cl.N[C@@H]1CN(C(=O)c2ccc(Cl)s2)C[C@H]1c1ccccc1. The van der Waals surface area contributed by atoms with Gasteiger partial charge in [-0.25, -0.2) is 0 Å². The summed E-state index contributed by atoms with van der Waals surface area (Å²) in [6.45, 7) is 1.26. The molecule has 6 heteroatoms. The van der Waals surface area contributed by atoms with Crippen LogP contribution in [0.3, 0.4) is 0 Å². The zero-order valence-corrected chi connectivity index (χ0v) is 13.6. The highest BCUT2D eigenvalue weighted by molar-refractivity contribution is 7.17. The van der Waals surface area contributed by atoms with Crippen molar-refractivity contribution in [2.45, 2.75) is 12.0 Å². The second-order valence-electron chi connectivity index (χ2n) is 4.99. The third-order valence-corrected chi connectivity index (χ3v) is 4.88. The molecule has 1 amide bonds. The van der Waals surface area contributed by atoms with Crippen LogP contribution in [0.25, 0.3) is 0 Å². The van der Waals surface area contributed by atoms with E-state index in [1.54, 1.807) is 12.1 Å². The Morgan fingerprint density at radius 1 is 1.19 bits per heavy atom. The molecule has 1 aromatic carbocycles. The number of thiophene rings is 1. The molecule has 0 bridgehead atoms. The van der Waals surface area contributed by atoms with Gasteiger partial charge in [-0.3, -0.25) is 4.79 Å². The van der Waals surface area contributed by atoms with Crippen molar-refractivity contribution in [3.05, 3.63) is 57.2 Å². The first kappa shape index (κ1) is 16.3. The summed E-state index contributed by atoms with van der Waals surface area (Å²) in [5.74, 6) is 0.228. The maximum Gasteiger partial charge on any atom is 0.264 e. The van der Waals surface area contributed by atoms with E-state index >= 15 is 0 Å². The summed E-state index contributed by atoms with van der Waals surface area (Å²) in [4.78, 5) is 14.9. The lowest BCUT2D eigenvalue weighted by molar-refractivity contribution is 0.0794. The van der Waals surface area contributed by atoms with Crippen LogP contribution in [0.2, 0.25) is 4.34 Å². The number of carbonyl (C=O) groups excluding carboxylic acids is 1. The van der Waals surface area contributed by atoms with E-state index in [9.17, 15) is 4.79 Å². The molecule has 21 heavy (non-hydrogen) atoms. The van der Waals surface area contributed by atoms with Crippen molar-refractivity contribution < 1.29 is 4.79 Å². The Bertz CT molecular complexity index is 617. The summed E-state index contributed by atoms with van der Waals surface area (Å²) in [6, 6.07) is 13.6. The van der Waals surface area contributed by atoms with Crippen molar-refractivity contribution >= 4 is 41.3 Å². The minimum atomic E-state index is -0.0169. The Hall–Kier alpha value is -1.07. The van der Waals surface area contributed by atoms with Gasteiger partial charge in [-0.1, -0.05) is 41.9 Å². The van der Waals surface area contributed by atoms with Gasteiger partial charge in [0.1, 0.15) is 0 Å². The Morgan fingerprint density at radius 2 is 1.90 bits per heavy atom. The van der Waals surface area contributed by atoms with Crippen molar-refractivity contribution in [1.29, 1.82) is 0 Å². The molecule has 3 nitrogen and oxygen atoms in total. The number of nitrogens with two attached hydrogens (primary N) is 1. The molecule has 1 aliphatic rings. The van der Waals surface area contributed by atoms with Crippen LogP contribution in [0, 0.1) is 0 Å². The van der Waals surface area contributed by atoms with E-state index in [0.29, 0.717) is 22.3 Å². The van der Waals surface area contributed by atoms with Crippen LogP contribution in [-0.2, 0) is 0 Å². The van der Waals surface area contributed by atoms with Gasteiger partial charge in [0, 0.05) is 25.0 Å². The van der Waals surface area contributed by atoms with Crippen LogP contribution in [0.5, 0.6) is 0 Å². The standard InChI is InChI=1S/C15H15ClN2OS.ClH/c16-14-7-6-13(20-14)15(19)18-8-11(12(17)9-18)10-4-2-1-3-5-10;/h1-7,11-12H,8-9,17H2;1H/t11-,12+;/m0./s1. The van der Waals surface area contributed by atoms with E-state index in [1.807, 2.05) is 23.1 Å². The van der Waals surface area contributed by atoms with E-state index in [0.717, 1.165) is 0 Å². The van der Waals surface area contributed by atoms with Crippen LogP contribution < -0.4 is 5.73 Å². The highest BCUT2D eigenvalue weighted by Gasteiger charge is 2.34. The molecule has 112 valence electrons. The maximum absolute atomic E-state index is 12.4. The van der Waals surface area contributed by atoms with Crippen LogP contribution in [0.15, 0.2) is 42.5 Å². The van der Waals surface area contributed by atoms with E-state index < -0.39 is 0 Å². The van der Waals surface area contributed by atoms with Crippen LogP contribution in [0.1, 0.15) is 21.2 Å². The van der Waals surface area contributed by atoms with E-state index in [-0.39, 0.29) is 30.3 Å². The number of halogens is 2. The molecule has 1 aromatic heterocycles. The second-order valence-corrected chi connectivity index (χ2v) is 6.71. The monoisotopic (exact) mass is 342 g/mol. The van der Waals surface area contributed by atoms with Gasteiger partial charge in [0.05, 0.1) is 9.21 Å². The number of rotatable bonds is 2. The van der Waals surface area contributed by atoms with Crippen molar-refractivity contribution in [1.82, 2.24) is 4.90 Å². The van der Waals surface area contributed by atoms with Crippen molar-refractivity contribution in [3.63, 3.8) is 0 Å². The molecule has 2 atom stereocenters. The number of benzene rings is 1. The van der Waals surface area contributed by atoms with Gasteiger partial charge in [0.2, 0.25) is 0 Å². The summed E-state index contributed by atoms with van der Waals surface area (Å²) in [7, 11) is 0. The van der Waals surface area contributed by atoms with Crippen LogP contribution in [-0.4, -0.2) is 29.9 Å². The zero-order chi connectivity index (χ0) is 14.1. The fourth-order valence-corrected chi connectivity index (χ4v) is 3.64. The number of carbonyl (C=O) groups is 1. The summed E-state index contributed by atoms with van der Waals surface area (Å²) >= 11 is 7.20. The maximum atomic E-state index is 12.4. The topological polar surface area (TPSA) is 46.3 Å². The highest BCUT2D eigenvalue weighted by Crippen LogP contribution is 2.29. The number of amides is 1. The Morgan fingerprint density at radius 3 is 2.52 bits per heavy atom. The van der Waals surface area contributed by atoms with Crippen molar-refractivity contribution in [2.75, 3.05) is 13.1 Å². The molecule has 1 saturated heterocycles. The van der Waals surface area contributed by atoms with Gasteiger partial charge in [0.25, 0.3) is 5.91 Å². The molecule has 1 fully saturated rings.